The van der Waals surface area contributed by atoms with Crippen LogP contribution in [0.2, 0.25) is 0 Å². The van der Waals surface area contributed by atoms with Gasteiger partial charge in [-0.25, -0.2) is 18.7 Å². The molecule has 0 atom stereocenters. The van der Waals surface area contributed by atoms with Gasteiger partial charge in [0.15, 0.2) is 34.6 Å². The number of nitrogens with zero attached hydrogens (tertiary/aromatic N) is 2. The molecule has 0 unspecified atom stereocenters. The van der Waals surface area contributed by atoms with Crippen LogP contribution < -0.4 is 20.1 Å². The Balaban J connectivity index is 1.04. The highest BCUT2D eigenvalue weighted by atomic mass is 19.2. The highest BCUT2D eigenvalue weighted by Gasteiger charge is 2.22. The maximum absolute atomic E-state index is 14.4. The van der Waals surface area contributed by atoms with Crippen LogP contribution in [0.15, 0.2) is 146 Å². The molecule has 0 fully saturated rings. The van der Waals surface area contributed by atoms with Gasteiger partial charge in [0.25, 0.3) is 0 Å². The van der Waals surface area contributed by atoms with Gasteiger partial charge in [-0.05, 0) is 47.5 Å². The fraction of sp³-hybridized carbons (Fsp3) is 0. The highest BCUT2D eigenvalue weighted by molar-refractivity contribution is 5.92. The summed E-state index contributed by atoms with van der Waals surface area (Å²) < 4.78 is 41.2. The average molecular weight is 681 g/mol. The average Bonchev–Trinajstić information content (AvgIpc) is 3.19. The Morgan fingerprint density at radius 1 is 0.404 bits per heavy atom. The smallest absolute Gasteiger partial charge is 0.161 e. The summed E-state index contributed by atoms with van der Waals surface area (Å²) in [6.45, 7) is 0. The first-order chi connectivity index (χ1) is 25.6. The SMILES string of the molecule is Fc1cc2nc(-c3ccc(-c4cccc5c4Nc4ccccc4O5)cc3)c(-c3ccc(-c4cccc5c4Nc4ccccc4O5)cc3)nc2cc1F. The number of halogens is 2. The summed E-state index contributed by atoms with van der Waals surface area (Å²) in [5.41, 5.74) is 10.6. The van der Waals surface area contributed by atoms with Gasteiger partial charge in [0.05, 0.1) is 45.2 Å². The molecule has 2 N–H and O–H groups in total. The molecule has 2 aliphatic rings. The largest absolute Gasteiger partial charge is 0.453 e. The molecule has 0 aliphatic carbocycles. The summed E-state index contributed by atoms with van der Waals surface area (Å²) in [5, 5.41) is 7.06. The fourth-order valence-electron chi connectivity index (χ4n) is 6.87. The first kappa shape index (κ1) is 29.8. The predicted molar refractivity (Wildman–Crippen MR) is 201 cm³/mol. The van der Waals surface area contributed by atoms with Crippen LogP contribution in [-0.4, -0.2) is 9.97 Å². The van der Waals surface area contributed by atoms with Gasteiger partial charge in [-0.15, -0.1) is 0 Å². The first-order valence-electron chi connectivity index (χ1n) is 16.8. The van der Waals surface area contributed by atoms with Crippen LogP contribution >= 0.6 is 0 Å². The third-order valence-electron chi connectivity index (χ3n) is 9.43. The van der Waals surface area contributed by atoms with Gasteiger partial charge in [-0.1, -0.05) is 97.1 Å². The van der Waals surface area contributed by atoms with Crippen molar-refractivity contribution in [3.63, 3.8) is 0 Å². The van der Waals surface area contributed by atoms with Crippen molar-refractivity contribution in [1.29, 1.82) is 0 Å². The third-order valence-corrected chi connectivity index (χ3v) is 9.43. The van der Waals surface area contributed by atoms with Crippen molar-refractivity contribution >= 4 is 33.8 Å². The van der Waals surface area contributed by atoms with Gasteiger partial charge in [-0.2, -0.15) is 0 Å². The molecule has 0 spiro atoms. The normalized spacial score (nSPS) is 12.3. The number of nitrogens with one attached hydrogen (secondary N) is 2. The first-order valence-corrected chi connectivity index (χ1v) is 16.8. The Labute approximate surface area is 297 Å². The zero-order valence-corrected chi connectivity index (χ0v) is 27.3. The molecule has 3 heterocycles. The van der Waals surface area contributed by atoms with Crippen molar-refractivity contribution in [2.75, 3.05) is 10.6 Å². The van der Waals surface area contributed by atoms with Gasteiger partial charge < -0.3 is 20.1 Å². The second-order valence-electron chi connectivity index (χ2n) is 12.6. The van der Waals surface area contributed by atoms with Crippen LogP contribution in [0, 0.1) is 11.6 Å². The Hall–Kier alpha value is -7.06. The molecule has 0 amide bonds. The number of ether oxygens (including phenoxy) is 2. The van der Waals surface area contributed by atoms with Gasteiger partial charge in [0, 0.05) is 34.4 Å². The van der Waals surface area contributed by atoms with E-state index in [0.29, 0.717) is 11.4 Å². The zero-order chi connectivity index (χ0) is 34.8. The van der Waals surface area contributed by atoms with Crippen LogP contribution in [0.3, 0.4) is 0 Å². The Bertz CT molecular complexity index is 2530. The van der Waals surface area contributed by atoms with E-state index in [-0.39, 0.29) is 11.0 Å². The van der Waals surface area contributed by atoms with E-state index in [1.54, 1.807) is 0 Å². The minimum absolute atomic E-state index is 0.262. The molecule has 10 rings (SSSR count). The molecule has 8 aromatic rings. The molecule has 0 radical (unpaired) electrons. The lowest BCUT2D eigenvalue weighted by Gasteiger charge is -2.24. The monoisotopic (exact) mass is 680 g/mol. The van der Waals surface area contributed by atoms with Crippen LogP contribution in [0.5, 0.6) is 23.0 Å². The van der Waals surface area contributed by atoms with E-state index in [9.17, 15) is 8.78 Å². The van der Waals surface area contributed by atoms with E-state index < -0.39 is 11.6 Å². The minimum Gasteiger partial charge on any atom is -0.453 e. The molecule has 1 aromatic heterocycles. The maximum Gasteiger partial charge on any atom is 0.161 e. The molecule has 0 bridgehead atoms. The molecular weight excluding hydrogens is 655 g/mol. The zero-order valence-electron chi connectivity index (χ0n) is 27.3. The van der Waals surface area contributed by atoms with Crippen molar-refractivity contribution < 1.29 is 18.3 Å². The summed E-state index contributed by atoms with van der Waals surface area (Å²) >= 11 is 0. The summed E-state index contributed by atoms with van der Waals surface area (Å²) in [6.07, 6.45) is 0. The molecule has 0 saturated heterocycles. The molecule has 52 heavy (non-hydrogen) atoms. The van der Waals surface area contributed by atoms with Gasteiger partial charge in [-0.3, -0.25) is 0 Å². The van der Waals surface area contributed by atoms with Crippen LogP contribution in [0.1, 0.15) is 0 Å². The summed E-state index contributed by atoms with van der Waals surface area (Å²) in [7, 11) is 0. The van der Waals surface area contributed by atoms with E-state index >= 15 is 0 Å². The Morgan fingerprint density at radius 3 is 1.23 bits per heavy atom. The number of para-hydroxylation sites is 6. The van der Waals surface area contributed by atoms with Crippen molar-refractivity contribution in [3.8, 4) is 67.8 Å². The van der Waals surface area contributed by atoms with Crippen molar-refractivity contribution in [1.82, 2.24) is 9.97 Å². The van der Waals surface area contributed by atoms with E-state index in [0.717, 1.165) is 91.3 Å². The van der Waals surface area contributed by atoms with E-state index in [4.69, 9.17) is 19.4 Å². The number of anilines is 4. The molecule has 7 aromatic carbocycles. The second kappa shape index (κ2) is 11.8. The maximum atomic E-state index is 14.4. The van der Waals surface area contributed by atoms with Gasteiger partial charge in [0.1, 0.15) is 0 Å². The standard InChI is InChI=1S/C44H26F2N4O2/c45-31-23-35-36(24-32(31)46)50-42(28-21-17-26(18-22-28)30-8-6-14-40-44(30)48-34-10-2-4-12-38(34)52-40)41(49-35)27-19-15-25(16-20-27)29-7-5-13-39-43(29)47-33-9-1-3-11-37(33)51-39/h1-24,47-48H. The third kappa shape index (κ3) is 5.00. The number of fused-ring (bicyclic) bond motifs is 5. The molecule has 8 heteroatoms. The van der Waals surface area contributed by atoms with Crippen molar-refractivity contribution in [2.24, 2.45) is 0 Å². The topological polar surface area (TPSA) is 68.3 Å². The van der Waals surface area contributed by atoms with Gasteiger partial charge in [0.2, 0.25) is 0 Å². The fourth-order valence-corrected chi connectivity index (χ4v) is 6.87. The molecule has 6 nitrogen and oxygen atoms in total. The van der Waals surface area contributed by atoms with Crippen LogP contribution in [-0.2, 0) is 0 Å². The lowest BCUT2D eigenvalue weighted by atomic mass is 9.96. The van der Waals surface area contributed by atoms with Crippen molar-refractivity contribution in [3.05, 3.63) is 157 Å². The lowest BCUT2D eigenvalue weighted by molar-refractivity contribution is 0.481. The number of aromatic nitrogens is 2. The Morgan fingerprint density at radius 2 is 0.788 bits per heavy atom. The number of benzene rings is 7. The highest BCUT2D eigenvalue weighted by Crippen LogP contribution is 2.48. The summed E-state index contributed by atoms with van der Waals surface area (Å²) in [5.74, 6) is 1.07. The van der Waals surface area contributed by atoms with E-state index in [1.165, 1.54) is 0 Å². The minimum atomic E-state index is -0.975. The second-order valence-corrected chi connectivity index (χ2v) is 12.6. The Kier molecular flexibility index (Phi) is 6.75. The molecule has 248 valence electrons. The number of rotatable bonds is 4. The van der Waals surface area contributed by atoms with Crippen LogP contribution in [0.25, 0.3) is 55.8 Å². The number of hydrogen-bond acceptors (Lipinski definition) is 6. The molecular formula is C44H26F2N4O2. The summed E-state index contributed by atoms with van der Waals surface area (Å²) in [4.78, 5) is 9.71. The van der Waals surface area contributed by atoms with Crippen LogP contribution in [0.4, 0.5) is 31.5 Å². The van der Waals surface area contributed by atoms with E-state index in [2.05, 4.69) is 10.6 Å². The van der Waals surface area contributed by atoms with Gasteiger partial charge >= 0.3 is 0 Å². The van der Waals surface area contributed by atoms with E-state index in [1.807, 2.05) is 133 Å². The predicted octanol–water partition coefficient (Wildman–Crippen LogP) is 12.3. The summed E-state index contributed by atoms with van der Waals surface area (Å²) in [6, 6.07) is 45.7. The quantitative estimate of drug-likeness (QED) is 0.193. The lowest BCUT2D eigenvalue weighted by Crippen LogP contribution is -2.04. The van der Waals surface area contributed by atoms with Crippen molar-refractivity contribution in [2.45, 2.75) is 0 Å². The molecule has 2 aliphatic heterocycles. The molecule has 0 saturated carbocycles. The number of hydrogen-bond donors (Lipinski definition) is 2.